The fourth-order valence-electron chi connectivity index (χ4n) is 11.6. The number of furan rings is 2. The van der Waals surface area contributed by atoms with Gasteiger partial charge in [0.2, 0.25) is 0 Å². The summed E-state index contributed by atoms with van der Waals surface area (Å²) in [4.78, 5) is 2.67. The van der Waals surface area contributed by atoms with Crippen molar-refractivity contribution in [3.8, 4) is 16.8 Å². The highest BCUT2D eigenvalue weighted by Crippen LogP contribution is 2.54. The van der Waals surface area contributed by atoms with Gasteiger partial charge in [-0.15, -0.1) is 11.3 Å². The molecule has 6 heterocycles. The molecule has 4 aromatic heterocycles. The second-order valence-electron chi connectivity index (χ2n) is 22.1. The van der Waals surface area contributed by atoms with E-state index in [9.17, 15) is 0 Å². The number of hydrogen-bond donors (Lipinski definition) is 0. The molecule has 0 saturated carbocycles. The SMILES string of the molecule is CC(C)(C)c1ccc(N2B3c4cc5oc6ccccc6c5cc4-n4c5ccc(C(C)(C)C)cc5c5c6oc7ccccc7c6c(c3c54)-c3cc4sc5cc(C(C)(C)C)ccc5c4cc32)cc1. The van der Waals surface area contributed by atoms with Gasteiger partial charge in [-0.1, -0.05) is 129 Å². The van der Waals surface area contributed by atoms with Gasteiger partial charge in [-0.05, 0) is 116 Å². The van der Waals surface area contributed by atoms with Crippen LogP contribution in [0.5, 0.6) is 0 Å². The summed E-state index contributed by atoms with van der Waals surface area (Å²) in [6.07, 6.45) is 0. The Kier molecular flexibility index (Phi) is 7.33. The van der Waals surface area contributed by atoms with Gasteiger partial charge in [0.1, 0.15) is 22.3 Å². The number of hydrogen-bond acceptors (Lipinski definition) is 4. The Balaban J connectivity index is 1.22. The lowest BCUT2D eigenvalue weighted by Gasteiger charge is -2.42. The first-order valence-corrected chi connectivity index (χ1v) is 24.3. The molecule has 0 aliphatic carbocycles. The van der Waals surface area contributed by atoms with Crippen molar-refractivity contribution in [3.63, 3.8) is 0 Å². The monoisotopic (exact) mass is 872 g/mol. The third kappa shape index (κ3) is 5.06. The summed E-state index contributed by atoms with van der Waals surface area (Å²) in [5.41, 5.74) is 18.6. The van der Waals surface area contributed by atoms with Gasteiger partial charge in [-0.3, -0.25) is 0 Å². The maximum atomic E-state index is 7.25. The minimum atomic E-state index is -0.199. The molecule has 0 N–H and O–H groups in total. The van der Waals surface area contributed by atoms with E-state index in [1.165, 1.54) is 97.5 Å². The van der Waals surface area contributed by atoms with Crippen LogP contribution in [0.15, 0.2) is 142 Å². The average Bonchev–Trinajstić information content (AvgIpc) is 4.04. The van der Waals surface area contributed by atoms with Gasteiger partial charge in [0, 0.05) is 69.7 Å². The molecule has 0 spiro atoms. The van der Waals surface area contributed by atoms with E-state index in [4.69, 9.17) is 8.83 Å². The quantitative estimate of drug-likeness (QED) is 0.154. The summed E-state index contributed by atoms with van der Waals surface area (Å²) < 4.78 is 19.3. The summed E-state index contributed by atoms with van der Waals surface area (Å²) in [5, 5.41) is 9.57. The van der Waals surface area contributed by atoms with Crippen molar-refractivity contribution in [2.45, 2.75) is 78.6 Å². The Morgan fingerprint density at radius 2 is 1.12 bits per heavy atom. The van der Waals surface area contributed by atoms with Crippen molar-refractivity contribution in [2.24, 2.45) is 0 Å². The molecule has 66 heavy (non-hydrogen) atoms. The lowest BCUT2D eigenvalue weighted by Crippen LogP contribution is -2.60. The van der Waals surface area contributed by atoms with Gasteiger partial charge >= 0.3 is 6.85 Å². The van der Waals surface area contributed by atoms with E-state index in [0.29, 0.717) is 0 Å². The molecule has 0 bridgehead atoms. The van der Waals surface area contributed by atoms with E-state index < -0.39 is 0 Å². The van der Waals surface area contributed by atoms with E-state index >= 15 is 0 Å². The normalized spacial score (nSPS) is 14.1. The standard InChI is InChI=1S/C60H49BN2O2S/c1-58(2,3)32-18-22-35(23-19-32)63-45-29-40-37-24-20-34(60(7,8)9)27-50(37)66-51(40)30-42(45)52-53-38-15-11-13-17-48(38)65-57(53)54-41-26-33(59(4,5)6)21-25-44(41)62-46-28-39-36-14-10-12-16-47(36)64-49(39)31-43(46)61(63)55(52)56(54)62/h10-31H,1-9H3. The van der Waals surface area contributed by atoms with E-state index in [1.54, 1.807) is 0 Å². The first kappa shape index (κ1) is 38.5. The van der Waals surface area contributed by atoms with Crippen LogP contribution in [0.1, 0.15) is 79.0 Å². The summed E-state index contributed by atoms with van der Waals surface area (Å²) in [5.74, 6) is 0. The number of rotatable bonds is 1. The third-order valence-electron chi connectivity index (χ3n) is 15.0. The van der Waals surface area contributed by atoms with Crippen molar-refractivity contribution in [1.82, 2.24) is 4.57 Å². The Bertz CT molecular complexity index is 4120. The largest absolute Gasteiger partial charge is 0.456 e. The summed E-state index contributed by atoms with van der Waals surface area (Å²) in [7, 11) is 0. The molecule has 0 saturated heterocycles. The van der Waals surface area contributed by atoms with Gasteiger partial charge < -0.3 is 18.2 Å². The van der Waals surface area contributed by atoms with Gasteiger partial charge in [0.15, 0.2) is 0 Å². The lowest BCUT2D eigenvalue weighted by molar-refractivity contribution is 0.590. The highest BCUT2D eigenvalue weighted by Gasteiger charge is 2.46. The molecular formula is C60H49BN2O2S. The zero-order valence-corrected chi connectivity index (χ0v) is 39.7. The molecular weight excluding hydrogens is 824 g/mol. The van der Waals surface area contributed by atoms with Crippen LogP contribution in [-0.4, -0.2) is 11.4 Å². The van der Waals surface area contributed by atoms with E-state index in [-0.39, 0.29) is 23.1 Å². The van der Waals surface area contributed by atoms with Crippen LogP contribution in [0, 0.1) is 0 Å². The van der Waals surface area contributed by atoms with Crippen LogP contribution in [0.25, 0.3) is 103 Å². The van der Waals surface area contributed by atoms with Crippen molar-refractivity contribution >= 4 is 126 Å². The molecule has 320 valence electrons. The number of benzene rings is 8. The van der Waals surface area contributed by atoms with Crippen molar-refractivity contribution in [1.29, 1.82) is 0 Å². The number of para-hydroxylation sites is 2. The van der Waals surface area contributed by atoms with E-state index in [2.05, 4.69) is 205 Å². The Morgan fingerprint density at radius 1 is 0.485 bits per heavy atom. The Labute approximate surface area is 388 Å². The minimum Gasteiger partial charge on any atom is -0.456 e. The first-order chi connectivity index (χ1) is 31.6. The lowest BCUT2D eigenvalue weighted by atomic mass is 9.43. The van der Waals surface area contributed by atoms with Gasteiger partial charge in [0.05, 0.1) is 16.4 Å². The van der Waals surface area contributed by atoms with Crippen LogP contribution in [-0.2, 0) is 16.2 Å². The maximum absolute atomic E-state index is 7.25. The second kappa shape index (κ2) is 12.6. The highest BCUT2D eigenvalue weighted by atomic mass is 32.1. The molecule has 14 rings (SSSR count). The minimum absolute atomic E-state index is 0.00981. The summed E-state index contributed by atoms with van der Waals surface area (Å²) in [6, 6.07) is 50.7. The average molecular weight is 873 g/mol. The van der Waals surface area contributed by atoms with E-state index in [0.717, 1.165) is 44.2 Å². The molecule has 6 heteroatoms. The van der Waals surface area contributed by atoms with Crippen LogP contribution >= 0.6 is 11.3 Å². The van der Waals surface area contributed by atoms with Crippen LogP contribution in [0.3, 0.4) is 0 Å². The molecule has 0 unspecified atom stereocenters. The molecule has 0 amide bonds. The third-order valence-corrected chi connectivity index (χ3v) is 16.1. The predicted octanol–water partition coefficient (Wildman–Crippen LogP) is 16.1. The number of aromatic nitrogens is 1. The Morgan fingerprint density at radius 3 is 1.86 bits per heavy atom. The Hall–Kier alpha value is -6.76. The molecule has 2 aliphatic rings. The topological polar surface area (TPSA) is 34.5 Å². The molecule has 2 aliphatic heterocycles. The van der Waals surface area contributed by atoms with Gasteiger partial charge in [-0.25, -0.2) is 0 Å². The second-order valence-corrected chi connectivity index (χ2v) is 23.2. The smallest absolute Gasteiger partial charge is 0.333 e. The van der Waals surface area contributed by atoms with Crippen LogP contribution < -0.4 is 15.7 Å². The fraction of sp³-hybridized carbons (Fsp3) is 0.200. The molecule has 0 radical (unpaired) electrons. The van der Waals surface area contributed by atoms with Crippen molar-refractivity contribution in [3.05, 3.63) is 150 Å². The summed E-state index contributed by atoms with van der Waals surface area (Å²) in [6.45, 7) is 20.6. The zero-order valence-electron chi connectivity index (χ0n) is 38.9. The zero-order chi connectivity index (χ0) is 44.9. The molecule has 4 nitrogen and oxygen atoms in total. The summed E-state index contributed by atoms with van der Waals surface area (Å²) >= 11 is 1.91. The number of fused-ring (bicyclic) bond motifs is 19. The number of thiophene rings is 1. The van der Waals surface area contributed by atoms with Crippen molar-refractivity contribution < 1.29 is 8.83 Å². The van der Waals surface area contributed by atoms with Crippen LogP contribution in [0.4, 0.5) is 11.4 Å². The molecule has 12 aromatic rings. The highest BCUT2D eigenvalue weighted by molar-refractivity contribution is 7.25. The van der Waals surface area contributed by atoms with Crippen molar-refractivity contribution in [2.75, 3.05) is 4.81 Å². The predicted molar refractivity (Wildman–Crippen MR) is 283 cm³/mol. The van der Waals surface area contributed by atoms with Gasteiger partial charge in [0.25, 0.3) is 0 Å². The van der Waals surface area contributed by atoms with E-state index in [1.807, 2.05) is 11.3 Å². The number of nitrogens with zero attached hydrogens (tertiary/aromatic N) is 2. The molecule has 0 fully saturated rings. The fourth-order valence-corrected chi connectivity index (χ4v) is 12.8. The van der Waals surface area contributed by atoms with Crippen LogP contribution in [0.2, 0.25) is 0 Å². The molecule has 8 aromatic carbocycles. The molecule has 0 atom stereocenters. The number of anilines is 2. The maximum Gasteiger partial charge on any atom is 0.333 e. The first-order valence-electron chi connectivity index (χ1n) is 23.4. The van der Waals surface area contributed by atoms with Gasteiger partial charge in [-0.2, -0.15) is 0 Å².